The fourth-order valence-corrected chi connectivity index (χ4v) is 6.37. The van der Waals surface area contributed by atoms with Crippen LogP contribution in [0.3, 0.4) is 0 Å². The van der Waals surface area contributed by atoms with Gasteiger partial charge in [0.25, 0.3) is 0 Å². The van der Waals surface area contributed by atoms with E-state index in [9.17, 15) is 14.7 Å². The van der Waals surface area contributed by atoms with Gasteiger partial charge in [-0.25, -0.2) is 0 Å². The fraction of sp³-hybridized carbons (Fsp3) is 0.429. The minimum atomic E-state index is -0.805. The molecule has 1 saturated heterocycles. The van der Waals surface area contributed by atoms with Crippen LogP contribution in [-0.4, -0.2) is 46.2 Å². The van der Waals surface area contributed by atoms with Gasteiger partial charge in [-0.05, 0) is 91.8 Å². The minimum absolute atomic E-state index is 0.115. The molecular formula is C35H41NO6. The van der Waals surface area contributed by atoms with E-state index in [1.165, 1.54) is 27.8 Å². The molecule has 0 amide bonds. The second-order valence-electron chi connectivity index (χ2n) is 11.4. The third kappa shape index (κ3) is 6.96. The number of piperidine rings is 1. The standard InChI is InChI=1S/C35H41NO6/c1-24-26(13-9-14-27(24)25-11-3-2-4-12-25)23-42-32-21-33(41-20-8-6-18-34(37)38)30(28-15-10-16-29(28)32)22-36-19-7-5-17-31(36)35(39)40/h2-4,9,11-14,21,31H,5-8,10,15-20,22-23H2,1H3,(H,37,38)(H,39,40)/t31-/m0/s1. The summed E-state index contributed by atoms with van der Waals surface area (Å²) in [4.78, 5) is 25.1. The summed E-state index contributed by atoms with van der Waals surface area (Å²) in [7, 11) is 0. The van der Waals surface area contributed by atoms with Crippen LogP contribution in [0, 0.1) is 6.92 Å². The molecule has 0 bridgehead atoms. The molecule has 0 spiro atoms. The number of benzene rings is 3. The van der Waals surface area contributed by atoms with Gasteiger partial charge in [0, 0.05) is 24.6 Å². The first-order valence-corrected chi connectivity index (χ1v) is 15.2. The van der Waals surface area contributed by atoms with E-state index in [0.717, 1.165) is 61.3 Å². The SMILES string of the molecule is Cc1c(COc2cc(OCCCCC(=O)O)c(CN3CCCC[C@H]3C(=O)O)c3c2CCC3)cccc1-c1ccccc1. The molecule has 7 nitrogen and oxygen atoms in total. The van der Waals surface area contributed by atoms with Gasteiger partial charge in [0.15, 0.2) is 0 Å². The van der Waals surface area contributed by atoms with Crippen LogP contribution in [0.15, 0.2) is 54.6 Å². The van der Waals surface area contributed by atoms with Crippen molar-refractivity contribution in [2.24, 2.45) is 0 Å². The van der Waals surface area contributed by atoms with Crippen molar-refractivity contribution >= 4 is 11.9 Å². The number of likely N-dealkylation sites (tertiary alicyclic amines) is 1. The number of ether oxygens (including phenoxy) is 2. The molecule has 3 aromatic rings. The Morgan fingerprint density at radius 2 is 1.71 bits per heavy atom. The van der Waals surface area contributed by atoms with Crippen LogP contribution >= 0.6 is 0 Å². The van der Waals surface area contributed by atoms with Crippen LogP contribution in [0.25, 0.3) is 11.1 Å². The second-order valence-corrected chi connectivity index (χ2v) is 11.4. The fourth-order valence-electron chi connectivity index (χ4n) is 6.37. The average molecular weight is 572 g/mol. The second kappa shape index (κ2) is 13.9. The zero-order valence-electron chi connectivity index (χ0n) is 24.4. The van der Waals surface area contributed by atoms with Crippen molar-refractivity contribution in [1.82, 2.24) is 4.90 Å². The third-order valence-electron chi connectivity index (χ3n) is 8.66. The lowest BCUT2D eigenvalue weighted by Gasteiger charge is -2.34. The normalized spacial score (nSPS) is 16.6. The highest BCUT2D eigenvalue weighted by molar-refractivity contribution is 5.73. The highest BCUT2D eigenvalue weighted by Crippen LogP contribution is 2.41. The molecule has 0 unspecified atom stereocenters. The number of hydrogen-bond donors (Lipinski definition) is 2. The Hall–Kier alpha value is -3.84. The smallest absolute Gasteiger partial charge is 0.320 e. The Morgan fingerprint density at radius 1 is 0.905 bits per heavy atom. The molecule has 0 saturated carbocycles. The Morgan fingerprint density at radius 3 is 2.50 bits per heavy atom. The van der Waals surface area contributed by atoms with Crippen LogP contribution in [0.5, 0.6) is 11.5 Å². The van der Waals surface area contributed by atoms with Gasteiger partial charge in [-0.15, -0.1) is 0 Å². The van der Waals surface area contributed by atoms with Gasteiger partial charge >= 0.3 is 11.9 Å². The lowest BCUT2D eigenvalue weighted by atomic mass is 9.96. The maximum absolute atomic E-state index is 12.0. The molecule has 5 rings (SSSR count). The molecule has 222 valence electrons. The molecular weight excluding hydrogens is 530 g/mol. The highest BCUT2D eigenvalue weighted by Gasteiger charge is 2.32. The van der Waals surface area contributed by atoms with Crippen molar-refractivity contribution in [3.05, 3.63) is 82.4 Å². The van der Waals surface area contributed by atoms with Crippen molar-refractivity contribution in [1.29, 1.82) is 0 Å². The molecule has 1 heterocycles. The average Bonchev–Trinajstić information content (AvgIpc) is 3.48. The van der Waals surface area contributed by atoms with Crippen molar-refractivity contribution < 1.29 is 29.3 Å². The predicted octanol–water partition coefficient (Wildman–Crippen LogP) is 6.80. The predicted molar refractivity (Wildman–Crippen MR) is 162 cm³/mol. The maximum Gasteiger partial charge on any atom is 0.320 e. The highest BCUT2D eigenvalue weighted by atomic mass is 16.5. The van der Waals surface area contributed by atoms with Gasteiger partial charge < -0.3 is 19.7 Å². The first-order chi connectivity index (χ1) is 20.4. The lowest BCUT2D eigenvalue weighted by molar-refractivity contribution is -0.145. The first-order valence-electron chi connectivity index (χ1n) is 15.2. The van der Waals surface area contributed by atoms with E-state index in [1.807, 2.05) is 12.1 Å². The van der Waals surface area contributed by atoms with Crippen LogP contribution < -0.4 is 9.47 Å². The topological polar surface area (TPSA) is 96.3 Å². The van der Waals surface area contributed by atoms with E-state index in [1.54, 1.807) is 0 Å². The van der Waals surface area contributed by atoms with E-state index in [0.29, 0.717) is 39.0 Å². The number of unbranched alkanes of at least 4 members (excludes halogenated alkanes) is 1. The van der Waals surface area contributed by atoms with Crippen molar-refractivity contribution in [2.75, 3.05) is 13.2 Å². The van der Waals surface area contributed by atoms with Gasteiger partial charge in [-0.1, -0.05) is 55.0 Å². The number of nitrogens with zero attached hydrogens (tertiary/aromatic N) is 1. The number of fused-ring (bicyclic) bond motifs is 1. The first kappa shape index (κ1) is 29.6. The van der Waals surface area contributed by atoms with Crippen LogP contribution in [-0.2, 0) is 35.6 Å². The summed E-state index contributed by atoms with van der Waals surface area (Å²) in [5.74, 6) is -0.0222. The summed E-state index contributed by atoms with van der Waals surface area (Å²) >= 11 is 0. The molecule has 1 fully saturated rings. The number of aliphatic carboxylic acids is 2. The van der Waals surface area contributed by atoms with Crippen molar-refractivity contribution in [2.45, 2.75) is 83.9 Å². The molecule has 42 heavy (non-hydrogen) atoms. The summed E-state index contributed by atoms with van der Waals surface area (Å²) in [6.07, 6.45) is 6.71. The van der Waals surface area contributed by atoms with Crippen molar-refractivity contribution in [3.63, 3.8) is 0 Å². The van der Waals surface area contributed by atoms with E-state index in [-0.39, 0.29) is 6.42 Å². The number of carboxylic acids is 2. The van der Waals surface area contributed by atoms with Gasteiger partial charge in [0.2, 0.25) is 0 Å². The summed E-state index contributed by atoms with van der Waals surface area (Å²) in [5.41, 5.74) is 8.16. The molecule has 2 aliphatic rings. The summed E-state index contributed by atoms with van der Waals surface area (Å²) < 4.78 is 12.9. The molecule has 1 aliphatic heterocycles. The Labute approximate surface area is 248 Å². The number of carbonyl (C=O) groups is 2. The summed E-state index contributed by atoms with van der Waals surface area (Å²) in [6.45, 7) is 4.25. The van der Waals surface area contributed by atoms with Gasteiger partial charge in [0.1, 0.15) is 24.1 Å². The molecule has 7 heteroatoms. The van der Waals surface area contributed by atoms with E-state index >= 15 is 0 Å². The number of rotatable bonds is 13. The molecule has 0 aromatic heterocycles. The summed E-state index contributed by atoms with van der Waals surface area (Å²) in [6, 6.07) is 18.2. The van der Waals surface area contributed by atoms with E-state index in [2.05, 4.69) is 54.3 Å². The van der Waals surface area contributed by atoms with E-state index in [4.69, 9.17) is 14.6 Å². The Balaban J connectivity index is 1.42. The van der Waals surface area contributed by atoms with Gasteiger partial charge in [-0.2, -0.15) is 0 Å². The van der Waals surface area contributed by atoms with Gasteiger partial charge in [-0.3, -0.25) is 14.5 Å². The zero-order chi connectivity index (χ0) is 29.5. The van der Waals surface area contributed by atoms with E-state index < -0.39 is 18.0 Å². The van der Waals surface area contributed by atoms with Crippen LogP contribution in [0.1, 0.15) is 72.8 Å². The summed E-state index contributed by atoms with van der Waals surface area (Å²) in [5, 5.41) is 18.9. The Bertz CT molecular complexity index is 1400. The van der Waals surface area contributed by atoms with Crippen molar-refractivity contribution in [3.8, 4) is 22.6 Å². The van der Waals surface area contributed by atoms with Crippen LogP contribution in [0.2, 0.25) is 0 Å². The molecule has 3 aromatic carbocycles. The molecule has 1 aliphatic carbocycles. The molecule has 0 radical (unpaired) electrons. The number of carboxylic acid groups (broad SMARTS) is 2. The monoisotopic (exact) mass is 571 g/mol. The largest absolute Gasteiger partial charge is 0.493 e. The third-order valence-corrected chi connectivity index (χ3v) is 8.66. The molecule has 2 N–H and O–H groups in total. The quantitative estimate of drug-likeness (QED) is 0.218. The molecule has 1 atom stereocenters. The number of hydrogen-bond acceptors (Lipinski definition) is 5. The Kier molecular flexibility index (Phi) is 9.80. The maximum atomic E-state index is 12.0. The van der Waals surface area contributed by atoms with Crippen LogP contribution in [0.4, 0.5) is 0 Å². The lowest BCUT2D eigenvalue weighted by Crippen LogP contribution is -2.44. The van der Waals surface area contributed by atoms with Gasteiger partial charge in [0.05, 0.1) is 6.61 Å². The zero-order valence-corrected chi connectivity index (χ0v) is 24.4. The minimum Gasteiger partial charge on any atom is -0.493 e.